The maximum absolute atomic E-state index is 11.1. The Balaban J connectivity index is 1.90. The molecule has 1 aromatic carbocycles. The van der Waals surface area contributed by atoms with Gasteiger partial charge < -0.3 is 0 Å². The molecule has 1 aliphatic rings. The Morgan fingerprint density at radius 2 is 2.15 bits per heavy atom. The van der Waals surface area contributed by atoms with Gasteiger partial charge in [0.1, 0.15) is 0 Å². The van der Waals surface area contributed by atoms with E-state index in [0.717, 1.165) is 33.7 Å². The lowest BCUT2D eigenvalue weighted by Crippen LogP contribution is -2.08. The Morgan fingerprint density at radius 3 is 2.90 bits per heavy atom. The molecule has 0 aliphatic heterocycles. The number of carbonyl (C=O) groups excluding carboxylic acids is 1. The molecule has 3 rings (SSSR count). The highest BCUT2D eigenvalue weighted by Gasteiger charge is 2.22. The largest absolute Gasteiger partial charge is 0.298 e. The summed E-state index contributed by atoms with van der Waals surface area (Å²) in [5.74, 6) is 0. The molecular formula is C13H13BrN4OS. The van der Waals surface area contributed by atoms with Crippen LogP contribution in [0.1, 0.15) is 42.1 Å². The molecule has 1 saturated carbocycles. The Labute approximate surface area is 129 Å². The van der Waals surface area contributed by atoms with Crippen molar-refractivity contribution in [2.24, 2.45) is 0 Å². The molecule has 1 aliphatic carbocycles. The van der Waals surface area contributed by atoms with E-state index in [1.807, 2.05) is 16.8 Å². The van der Waals surface area contributed by atoms with Crippen LogP contribution in [-0.4, -0.2) is 26.5 Å². The fraction of sp³-hybridized carbons (Fsp3) is 0.385. The maximum atomic E-state index is 11.1. The van der Waals surface area contributed by atoms with Gasteiger partial charge in [-0.1, -0.05) is 28.8 Å². The van der Waals surface area contributed by atoms with Gasteiger partial charge in [0, 0.05) is 14.9 Å². The monoisotopic (exact) mass is 352 g/mol. The lowest BCUT2D eigenvalue weighted by molar-refractivity contribution is 0.112. The molecule has 0 spiro atoms. The number of carbonyl (C=O) groups is 1. The zero-order chi connectivity index (χ0) is 13.9. The smallest absolute Gasteiger partial charge is 0.214 e. The topological polar surface area (TPSA) is 60.7 Å². The lowest BCUT2D eigenvalue weighted by atomic mass is 10.2. The molecule has 0 radical (unpaired) electrons. The molecule has 0 unspecified atom stereocenters. The van der Waals surface area contributed by atoms with Crippen molar-refractivity contribution in [2.45, 2.75) is 41.8 Å². The fourth-order valence-corrected chi connectivity index (χ4v) is 3.91. The quantitative estimate of drug-likeness (QED) is 0.787. The van der Waals surface area contributed by atoms with E-state index in [1.54, 1.807) is 6.07 Å². The molecule has 0 atom stereocenters. The summed E-state index contributed by atoms with van der Waals surface area (Å²) in [4.78, 5) is 12.0. The van der Waals surface area contributed by atoms with E-state index in [0.29, 0.717) is 11.6 Å². The molecule has 0 saturated heterocycles. The minimum absolute atomic E-state index is 0.388. The summed E-state index contributed by atoms with van der Waals surface area (Å²) in [7, 11) is 0. The molecule has 1 aromatic heterocycles. The highest BCUT2D eigenvalue weighted by Crippen LogP contribution is 2.35. The molecule has 1 fully saturated rings. The average Bonchev–Trinajstić information content (AvgIpc) is 3.09. The molecular weight excluding hydrogens is 340 g/mol. The third-order valence-corrected chi connectivity index (χ3v) is 4.96. The fourth-order valence-electron chi connectivity index (χ4n) is 2.42. The highest BCUT2D eigenvalue weighted by atomic mass is 79.9. The van der Waals surface area contributed by atoms with Crippen LogP contribution in [0.2, 0.25) is 0 Å². The number of hydrogen-bond acceptors (Lipinski definition) is 5. The summed E-state index contributed by atoms with van der Waals surface area (Å²) < 4.78 is 2.83. The minimum atomic E-state index is 0.388. The third kappa shape index (κ3) is 2.78. The standard InChI is InChI=1S/C13H13BrN4OS/c14-10-6-5-9(8-19)12(7-10)20-13-15-16-17-18(13)11-3-1-2-4-11/h5-8,11H,1-4H2. The number of aromatic nitrogens is 4. The van der Waals surface area contributed by atoms with Gasteiger partial charge in [0.05, 0.1) is 6.04 Å². The normalized spacial score (nSPS) is 15.7. The van der Waals surface area contributed by atoms with E-state index in [-0.39, 0.29) is 0 Å². The number of hydrogen-bond donors (Lipinski definition) is 0. The first-order valence-corrected chi connectivity index (χ1v) is 8.09. The Morgan fingerprint density at radius 1 is 1.35 bits per heavy atom. The van der Waals surface area contributed by atoms with Crippen molar-refractivity contribution in [2.75, 3.05) is 0 Å². The Hall–Kier alpha value is -1.21. The minimum Gasteiger partial charge on any atom is -0.298 e. The first-order chi connectivity index (χ1) is 9.78. The van der Waals surface area contributed by atoms with Crippen LogP contribution in [0.25, 0.3) is 0 Å². The number of nitrogens with zero attached hydrogens (tertiary/aromatic N) is 4. The van der Waals surface area contributed by atoms with Crippen molar-refractivity contribution < 1.29 is 4.79 Å². The first kappa shape index (κ1) is 13.8. The van der Waals surface area contributed by atoms with Crippen LogP contribution in [0.3, 0.4) is 0 Å². The second-order valence-corrected chi connectivity index (χ2v) is 6.67. The van der Waals surface area contributed by atoms with E-state index in [9.17, 15) is 4.79 Å². The summed E-state index contributed by atoms with van der Waals surface area (Å²) in [6, 6.07) is 5.96. The van der Waals surface area contributed by atoms with Crippen LogP contribution in [0.5, 0.6) is 0 Å². The third-order valence-electron chi connectivity index (χ3n) is 3.44. The number of benzene rings is 1. The summed E-state index contributed by atoms with van der Waals surface area (Å²) in [5, 5.41) is 12.7. The SMILES string of the molecule is O=Cc1ccc(Br)cc1Sc1nnnn1C1CCCC1. The molecule has 5 nitrogen and oxygen atoms in total. The van der Waals surface area contributed by atoms with Crippen LogP contribution in [0.4, 0.5) is 0 Å². The van der Waals surface area contributed by atoms with Gasteiger partial charge in [0.2, 0.25) is 5.16 Å². The zero-order valence-corrected chi connectivity index (χ0v) is 13.1. The van der Waals surface area contributed by atoms with Crippen molar-refractivity contribution in [1.82, 2.24) is 20.2 Å². The van der Waals surface area contributed by atoms with Gasteiger partial charge in [0.25, 0.3) is 0 Å². The lowest BCUT2D eigenvalue weighted by Gasteiger charge is -2.11. The maximum Gasteiger partial charge on any atom is 0.214 e. The molecule has 0 bridgehead atoms. The van der Waals surface area contributed by atoms with Crippen LogP contribution in [0, 0.1) is 0 Å². The number of tetrazole rings is 1. The van der Waals surface area contributed by atoms with E-state index in [2.05, 4.69) is 31.5 Å². The number of rotatable bonds is 4. The second kappa shape index (κ2) is 6.05. The predicted molar refractivity (Wildman–Crippen MR) is 79.0 cm³/mol. The second-order valence-electron chi connectivity index (χ2n) is 4.75. The highest BCUT2D eigenvalue weighted by molar-refractivity contribution is 9.10. The predicted octanol–water partition coefficient (Wildman–Crippen LogP) is 3.51. The zero-order valence-electron chi connectivity index (χ0n) is 10.7. The van der Waals surface area contributed by atoms with Crippen molar-refractivity contribution in [3.63, 3.8) is 0 Å². The molecule has 0 amide bonds. The van der Waals surface area contributed by atoms with Gasteiger partial charge in [-0.05, 0) is 53.2 Å². The van der Waals surface area contributed by atoms with Crippen molar-refractivity contribution >= 4 is 34.0 Å². The van der Waals surface area contributed by atoms with Gasteiger partial charge in [-0.3, -0.25) is 4.79 Å². The molecule has 2 aromatic rings. The van der Waals surface area contributed by atoms with Gasteiger partial charge in [-0.25, -0.2) is 4.68 Å². The summed E-state index contributed by atoms with van der Waals surface area (Å²) in [6.07, 6.45) is 5.56. The van der Waals surface area contributed by atoms with E-state index < -0.39 is 0 Å². The average molecular weight is 353 g/mol. The van der Waals surface area contributed by atoms with E-state index in [4.69, 9.17) is 0 Å². The number of aldehydes is 1. The van der Waals surface area contributed by atoms with Crippen molar-refractivity contribution in [1.29, 1.82) is 0 Å². The van der Waals surface area contributed by atoms with Gasteiger partial charge in [-0.2, -0.15) is 0 Å². The number of halogens is 1. The van der Waals surface area contributed by atoms with Crippen LogP contribution >= 0.6 is 27.7 Å². The Kier molecular flexibility index (Phi) is 4.16. The van der Waals surface area contributed by atoms with Crippen LogP contribution < -0.4 is 0 Å². The van der Waals surface area contributed by atoms with Gasteiger partial charge >= 0.3 is 0 Å². The molecule has 20 heavy (non-hydrogen) atoms. The van der Waals surface area contributed by atoms with E-state index >= 15 is 0 Å². The summed E-state index contributed by atoms with van der Waals surface area (Å²) in [6.45, 7) is 0. The molecule has 1 heterocycles. The molecule has 7 heteroatoms. The van der Waals surface area contributed by atoms with Crippen LogP contribution in [0.15, 0.2) is 32.7 Å². The van der Waals surface area contributed by atoms with Crippen molar-refractivity contribution in [3.8, 4) is 0 Å². The molecule has 0 N–H and O–H groups in total. The summed E-state index contributed by atoms with van der Waals surface area (Å²) in [5.41, 5.74) is 0.652. The van der Waals surface area contributed by atoms with Crippen LogP contribution in [-0.2, 0) is 0 Å². The Bertz CT molecular complexity index is 625. The van der Waals surface area contributed by atoms with Crippen molar-refractivity contribution in [3.05, 3.63) is 28.2 Å². The van der Waals surface area contributed by atoms with E-state index in [1.165, 1.54) is 24.6 Å². The van der Waals surface area contributed by atoms with Gasteiger partial charge in [0.15, 0.2) is 6.29 Å². The first-order valence-electron chi connectivity index (χ1n) is 6.48. The summed E-state index contributed by atoms with van der Waals surface area (Å²) >= 11 is 4.87. The van der Waals surface area contributed by atoms with Gasteiger partial charge in [-0.15, -0.1) is 5.10 Å². The molecule has 104 valence electrons.